The number of nitrogens with one attached hydrogen (secondary N) is 1. The molecule has 0 spiro atoms. The molecule has 0 atom stereocenters. The summed E-state index contributed by atoms with van der Waals surface area (Å²) in [4.78, 5) is 29.7. The summed E-state index contributed by atoms with van der Waals surface area (Å²) in [7, 11) is 0. The van der Waals surface area contributed by atoms with Crippen LogP contribution in [0.25, 0.3) is 10.9 Å². The van der Waals surface area contributed by atoms with E-state index >= 15 is 0 Å². The van der Waals surface area contributed by atoms with Gasteiger partial charge in [-0.3, -0.25) is 14.2 Å². The minimum Gasteiger partial charge on any atom is -0.325 e. The summed E-state index contributed by atoms with van der Waals surface area (Å²) in [6.07, 6.45) is 0.810. The molecule has 0 bridgehead atoms. The lowest BCUT2D eigenvalue weighted by atomic mass is 10.2. The number of rotatable bonds is 6. The van der Waals surface area contributed by atoms with Crippen molar-refractivity contribution in [1.82, 2.24) is 9.55 Å². The van der Waals surface area contributed by atoms with Gasteiger partial charge >= 0.3 is 0 Å². The van der Waals surface area contributed by atoms with Crippen LogP contribution in [0.4, 0.5) is 5.69 Å². The second kappa shape index (κ2) is 8.71. The number of amides is 1. The number of anilines is 1. The van der Waals surface area contributed by atoms with Crippen molar-refractivity contribution < 1.29 is 4.79 Å². The number of carbonyl (C=O) groups is 1. The monoisotopic (exact) mass is 445 g/mol. The summed E-state index contributed by atoms with van der Waals surface area (Å²) in [5, 5.41) is 4.01. The normalized spacial score (nSPS) is 10.9. The molecule has 140 valence electrons. The summed E-state index contributed by atoms with van der Waals surface area (Å²) in [6, 6.07) is 13.1. The van der Waals surface area contributed by atoms with Crippen LogP contribution in [0.5, 0.6) is 0 Å². The van der Waals surface area contributed by atoms with Crippen molar-refractivity contribution in [2.24, 2.45) is 0 Å². The molecule has 27 heavy (non-hydrogen) atoms. The topological polar surface area (TPSA) is 64.0 Å². The van der Waals surface area contributed by atoms with E-state index in [-0.39, 0.29) is 17.2 Å². The first-order chi connectivity index (χ1) is 13.0. The summed E-state index contributed by atoms with van der Waals surface area (Å²) < 4.78 is 2.49. The van der Waals surface area contributed by atoms with Crippen molar-refractivity contribution in [2.75, 3.05) is 11.1 Å². The summed E-state index contributed by atoms with van der Waals surface area (Å²) in [5.41, 5.74) is 2.45. The zero-order valence-electron chi connectivity index (χ0n) is 15.2. The number of benzene rings is 2. The van der Waals surface area contributed by atoms with Crippen molar-refractivity contribution in [2.45, 2.75) is 32.0 Å². The first kappa shape index (κ1) is 19.6. The maximum absolute atomic E-state index is 12.8. The molecule has 0 saturated carbocycles. The molecular weight excluding hydrogens is 426 g/mol. The molecule has 1 heterocycles. The Kier molecular flexibility index (Phi) is 6.34. The van der Waals surface area contributed by atoms with Gasteiger partial charge in [0.2, 0.25) is 5.91 Å². The van der Waals surface area contributed by atoms with Crippen molar-refractivity contribution in [3.05, 3.63) is 62.9 Å². The zero-order chi connectivity index (χ0) is 19.4. The van der Waals surface area contributed by atoms with Crippen LogP contribution in [0.2, 0.25) is 0 Å². The third-order valence-corrected chi connectivity index (χ3v) is 5.47. The highest BCUT2D eigenvalue weighted by Crippen LogP contribution is 2.21. The molecule has 0 aliphatic carbocycles. The summed E-state index contributed by atoms with van der Waals surface area (Å²) >= 11 is 4.68. The molecule has 3 aromatic rings. The molecule has 0 saturated heterocycles. The summed E-state index contributed by atoms with van der Waals surface area (Å²) in [6.45, 7) is 4.57. The van der Waals surface area contributed by atoms with Crippen LogP contribution in [-0.2, 0) is 11.3 Å². The average Bonchev–Trinajstić information content (AvgIpc) is 2.65. The minimum atomic E-state index is -0.128. The number of hydrogen-bond acceptors (Lipinski definition) is 4. The first-order valence-electron chi connectivity index (χ1n) is 8.67. The predicted octanol–water partition coefficient (Wildman–Crippen LogP) is 4.61. The van der Waals surface area contributed by atoms with Crippen molar-refractivity contribution in [1.29, 1.82) is 0 Å². The number of aromatic nitrogens is 2. The van der Waals surface area contributed by atoms with E-state index in [9.17, 15) is 9.59 Å². The van der Waals surface area contributed by atoms with E-state index in [1.165, 1.54) is 11.8 Å². The van der Waals surface area contributed by atoms with E-state index in [1.807, 2.05) is 50.2 Å². The highest BCUT2D eigenvalue weighted by atomic mass is 79.9. The van der Waals surface area contributed by atoms with Gasteiger partial charge in [0.25, 0.3) is 5.56 Å². The van der Waals surface area contributed by atoms with Crippen LogP contribution >= 0.6 is 27.7 Å². The lowest BCUT2D eigenvalue weighted by molar-refractivity contribution is -0.113. The molecule has 7 heteroatoms. The molecule has 1 N–H and O–H groups in total. The number of halogens is 1. The lowest BCUT2D eigenvalue weighted by Crippen LogP contribution is -2.24. The number of fused-ring (bicyclic) bond motifs is 1. The van der Waals surface area contributed by atoms with Crippen LogP contribution in [0.1, 0.15) is 18.9 Å². The molecule has 3 rings (SSSR count). The second-order valence-electron chi connectivity index (χ2n) is 6.22. The van der Waals surface area contributed by atoms with Crippen LogP contribution in [0.3, 0.4) is 0 Å². The van der Waals surface area contributed by atoms with Crippen molar-refractivity contribution >= 4 is 50.2 Å². The molecule has 1 amide bonds. The highest BCUT2D eigenvalue weighted by Gasteiger charge is 2.13. The largest absolute Gasteiger partial charge is 0.325 e. The van der Waals surface area contributed by atoms with Gasteiger partial charge in [-0.05, 0) is 43.7 Å². The Balaban J connectivity index is 1.81. The number of nitrogens with zero attached hydrogens (tertiary/aromatic N) is 2. The fourth-order valence-corrected chi connectivity index (χ4v) is 3.85. The Morgan fingerprint density at radius 3 is 2.67 bits per heavy atom. The maximum atomic E-state index is 12.8. The number of carbonyl (C=O) groups excluding carboxylic acids is 1. The van der Waals surface area contributed by atoms with Gasteiger partial charge in [-0.2, -0.15) is 0 Å². The van der Waals surface area contributed by atoms with E-state index in [2.05, 4.69) is 26.2 Å². The molecule has 0 unspecified atom stereocenters. The zero-order valence-corrected chi connectivity index (χ0v) is 17.6. The van der Waals surface area contributed by atoms with E-state index in [4.69, 9.17) is 0 Å². The molecule has 5 nitrogen and oxygen atoms in total. The van der Waals surface area contributed by atoms with Gasteiger partial charge in [-0.1, -0.05) is 52.3 Å². The molecule has 1 aromatic heterocycles. The SMILES string of the molecule is CCCn1c(SCC(=O)Nc2ccc(C)cc2)nc2ccc(Br)cc2c1=O. The van der Waals surface area contributed by atoms with Crippen LogP contribution in [0, 0.1) is 6.92 Å². The van der Waals surface area contributed by atoms with Gasteiger partial charge in [-0.25, -0.2) is 4.98 Å². The second-order valence-corrected chi connectivity index (χ2v) is 8.07. The average molecular weight is 446 g/mol. The number of aryl methyl sites for hydroxylation is 1. The quantitative estimate of drug-likeness (QED) is 0.444. The van der Waals surface area contributed by atoms with E-state index in [1.54, 1.807) is 10.6 Å². The number of hydrogen-bond donors (Lipinski definition) is 1. The van der Waals surface area contributed by atoms with Crippen molar-refractivity contribution in [3.63, 3.8) is 0 Å². The van der Waals surface area contributed by atoms with Crippen molar-refractivity contribution in [3.8, 4) is 0 Å². The van der Waals surface area contributed by atoms with Crippen LogP contribution < -0.4 is 10.9 Å². The summed E-state index contributed by atoms with van der Waals surface area (Å²) in [5.74, 6) is 0.0588. The fraction of sp³-hybridized carbons (Fsp3) is 0.250. The predicted molar refractivity (Wildman–Crippen MR) is 115 cm³/mol. The molecule has 0 aliphatic heterocycles. The van der Waals surface area contributed by atoms with E-state index in [0.29, 0.717) is 22.6 Å². The standard InChI is InChI=1S/C20H20BrN3O2S/c1-3-10-24-19(26)16-11-14(21)6-9-17(16)23-20(24)27-12-18(25)22-15-7-4-13(2)5-8-15/h4-9,11H,3,10,12H2,1-2H3,(H,22,25). The minimum absolute atomic E-state index is 0.0791. The van der Waals surface area contributed by atoms with Gasteiger partial charge in [-0.15, -0.1) is 0 Å². The Labute approximate surface area is 170 Å². The molecule has 0 fully saturated rings. The van der Waals surface area contributed by atoms with Gasteiger partial charge < -0.3 is 5.32 Å². The van der Waals surface area contributed by atoms with Crippen LogP contribution in [0.15, 0.2) is 56.9 Å². The molecule has 0 radical (unpaired) electrons. The molecule has 2 aromatic carbocycles. The Morgan fingerprint density at radius 2 is 1.96 bits per heavy atom. The van der Waals surface area contributed by atoms with E-state index in [0.717, 1.165) is 22.1 Å². The van der Waals surface area contributed by atoms with E-state index < -0.39 is 0 Å². The Hall–Kier alpha value is -2.12. The van der Waals surface area contributed by atoms with Crippen LogP contribution in [-0.4, -0.2) is 21.2 Å². The van der Waals surface area contributed by atoms with Gasteiger partial charge in [0.05, 0.1) is 16.7 Å². The smallest absolute Gasteiger partial charge is 0.262 e. The van der Waals surface area contributed by atoms with Gasteiger partial charge in [0.1, 0.15) is 0 Å². The first-order valence-corrected chi connectivity index (χ1v) is 10.4. The molecule has 0 aliphatic rings. The van der Waals surface area contributed by atoms with Gasteiger partial charge in [0, 0.05) is 16.7 Å². The number of thioether (sulfide) groups is 1. The third kappa shape index (κ3) is 4.78. The Morgan fingerprint density at radius 1 is 1.22 bits per heavy atom. The third-order valence-electron chi connectivity index (χ3n) is 4.00. The Bertz CT molecular complexity index is 1030. The highest BCUT2D eigenvalue weighted by molar-refractivity contribution is 9.10. The molecular formula is C20H20BrN3O2S. The fourth-order valence-electron chi connectivity index (χ4n) is 2.67. The lowest BCUT2D eigenvalue weighted by Gasteiger charge is -2.12. The maximum Gasteiger partial charge on any atom is 0.262 e. The van der Waals surface area contributed by atoms with Gasteiger partial charge in [0.15, 0.2) is 5.16 Å².